The number of nitrogens with one attached hydrogen (secondary N) is 2. The predicted octanol–water partition coefficient (Wildman–Crippen LogP) is 1.69. The molecule has 0 aliphatic heterocycles. The first-order valence-electron chi connectivity index (χ1n) is 8.96. The number of carboxylic acid groups (broad SMARTS) is 1. The molecule has 0 bridgehead atoms. The van der Waals surface area contributed by atoms with Gasteiger partial charge in [0.1, 0.15) is 23.7 Å². The van der Waals surface area contributed by atoms with Crippen LogP contribution >= 0.6 is 0 Å². The van der Waals surface area contributed by atoms with E-state index in [-0.39, 0.29) is 12.8 Å². The number of benzene rings is 2. The Hall–Kier alpha value is -3.42. The number of halogens is 1. The fourth-order valence-electron chi connectivity index (χ4n) is 2.92. The van der Waals surface area contributed by atoms with E-state index in [4.69, 9.17) is 4.74 Å². The van der Waals surface area contributed by atoms with Crippen molar-refractivity contribution in [2.24, 2.45) is 0 Å². The summed E-state index contributed by atoms with van der Waals surface area (Å²) in [7, 11) is 1.47. The van der Waals surface area contributed by atoms with Crippen LogP contribution in [0.5, 0.6) is 5.75 Å². The second-order valence-electron chi connectivity index (χ2n) is 6.50. The van der Waals surface area contributed by atoms with E-state index in [2.05, 4.69) is 10.6 Å². The van der Waals surface area contributed by atoms with E-state index >= 15 is 0 Å². The Bertz CT molecular complexity index is 887. The molecule has 3 N–H and O–H groups in total. The summed E-state index contributed by atoms with van der Waals surface area (Å²) in [5.74, 6) is -2.32. The van der Waals surface area contributed by atoms with E-state index in [0.717, 1.165) is 0 Å². The molecular weight excluding hydrogens is 379 g/mol. The van der Waals surface area contributed by atoms with E-state index in [1.807, 2.05) is 0 Å². The fraction of sp³-hybridized carbons (Fsp3) is 0.286. The Morgan fingerprint density at radius 1 is 1.03 bits per heavy atom. The monoisotopic (exact) mass is 402 g/mol. The van der Waals surface area contributed by atoms with Crippen LogP contribution in [0.2, 0.25) is 0 Å². The summed E-state index contributed by atoms with van der Waals surface area (Å²) >= 11 is 0. The molecule has 2 atom stereocenters. The summed E-state index contributed by atoms with van der Waals surface area (Å²) in [6, 6.07) is 10.3. The molecular formula is C21H23FN2O5. The number of ether oxygens (including phenoxy) is 1. The van der Waals surface area contributed by atoms with E-state index in [1.54, 1.807) is 30.3 Å². The minimum absolute atomic E-state index is 0.00214. The topological polar surface area (TPSA) is 105 Å². The van der Waals surface area contributed by atoms with Gasteiger partial charge in [0, 0.05) is 19.8 Å². The molecule has 0 fully saturated rings. The first-order chi connectivity index (χ1) is 13.8. The summed E-state index contributed by atoms with van der Waals surface area (Å²) in [6.45, 7) is 1.25. The van der Waals surface area contributed by atoms with Crippen LogP contribution in [0.15, 0.2) is 48.5 Å². The number of rotatable bonds is 9. The van der Waals surface area contributed by atoms with E-state index in [9.17, 15) is 23.9 Å². The molecule has 0 saturated carbocycles. The maximum Gasteiger partial charge on any atom is 0.326 e. The Kier molecular flexibility index (Phi) is 7.70. The van der Waals surface area contributed by atoms with Gasteiger partial charge in [-0.25, -0.2) is 9.18 Å². The van der Waals surface area contributed by atoms with Gasteiger partial charge in [0.25, 0.3) is 0 Å². The fourth-order valence-corrected chi connectivity index (χ4v) is 2.92. The van der Waals surface area contributed by atoms with Crippen molar-refractivity contribution in [3.8, 4) is 5.75 Å². The number of aliphatic carboxylic acids is 1. The van der Waals surface area contributed by atoms with Gasteiger partial charge in [-0.2, -0.15) is 0 Å². The highest BCUT2D eigenvalue weighted by Gasteiger charge is 2.27. The van der Waals surface area contributed by atoms with Gasteiger partial charge in [-0.1, -0.05) is 30.3 Å². The van der Waals surface area contributed by atoms with Gasteiger partial charge in [-0.3, -0.25) is 9.59 Å². The average molecular weight is 402 g/mol. The van der Waals surface area contributed by atoms with Crippen LogP contribution in [-0.2, 0) is 27.2 Å². The Balaban J connectivity index is 2.17. The van der Waals surface area contributed by atoms with Gasteiger partial charge in [-0.05, 0) is 29.3 Å². The lowest BCUT2D eigenvalue weighted by Crippen LogP contribution is -2.52. The summed E-state index contributed by atoms with van der Waals surface area (Å²) in [6.07, 6.45) is 0.0159. The van der Waals surface area contributed by atoms with Crippen molar-refractivity contribution in [2.75, 3.05) is 7.11 Å². The third-order valence-corrected chi connectivity index (χ3v) is 4.25. The van der Waals surface area contributed by atoms with Gasteiger partial charge < -0.3 is 20.5 Å². The van der Waals surface area contributed by atoms with Crippen LogP contribution in [0.4, 0.5) is 4.39 Å². The molecule has 0 spiro atoms. The Morgan fingerprint density at radius 2 is 1.76 bits per heavy atom. The van der Waals surface area contributed by atoms with E-state index in [1.165, 1.54) is 32.2 Å². The summed E-state index contributed by atoms with van der Waals surface area (Å²) in [4.78, 5) is 35.9. The molecule has 2 amide bonds. The van der Waals surface area contributed by atoms with E-state index < -0.39 is 35.7 Å². The molecule has 0 aliphatic carbocycles. The zero-order chi connectivity index (χ0) is 21.4. The molecule has 2 rings (SSSR count). The molecule has 0 aromatic heterocycles. The van der Waals surface area contributed by atoms with Crippen molar-refractivity contribution in [2.45, 2.75) is 31.8 Å². The third-order valence-electron chi connectivity index (χ3n) is 4.25. The van der Waals surface area contributed by atoms with Crippen LogP contribution < -0.4 is 15.4 Å². The second kappa shape index (κ2) is 10.2. The molecule has 8 heteroatoms. The molecule has 0 heterocycles. The molecule has 0 radical (unpaired) electrons. The van der Waals surface area contributed by atoms with Crippen molar-refractivity contribution >= 4 is 17.8 Å². The van der Waals surface area contributed by atoms with Crippen LogP contribution in [-0.4, -0.2) is 42.1 Å². The molecule has 0 saturated heterocycles. The van der Waals surface area contributed by atoms with Crippen molar-refractivity contribution in [3.05, 3.63) is 65.5 Å². The minimum atomic E-state index is -1.23. The molecule has 154 valence electrons. The van der Waals surface area contributed by atoms with Crippen molar-refractivity contribution in [1.29, 1.82) is 0 Å². The molecule has 0 unspecified atom stereocenters. The first kappa shape index (κ1) is 21.9. The number of para-hydroxylation sites is 1. The number of hydrogen-bond acceptors (Lipinski definition) is 4. The van der Waals surface area contributed by atoms with Gasteiger partial charge in [0.15, 0.2) is 0 Å². The van der Waals surface area contributed by atoms with Crippen molar-refractivity contribution < 1.29 is 28.6 Å². The average Bonchev–Trinajstić information content (AvgIpc) is 2.66. The van der Waals surface area contributed by atoms with Gasteiger partial charge in [-0.15, -0.1) is 0 Å². The zero-order valence-electron chi connectivity index (χ0n) is 16.1. The molecule has 0 aliphatic rings. The lowest BCUT2D eigenvalue weighted by atomic mass is 10.0. The second-order valence-corrected chi connectivity index (χ2v) is 6.50. The summed E-state index contributed by atoms with van der Waals surface area (Å²) in [5.41, 5.74) is 1.11. The van der Waals surface area contributed by atoms with E-state index in [0.29, 0.717) is 16.9 Å². The zero-order valence-corrected chi connectivity index (χ0v) is 16.1. The smallest absolute Gasteiger partial charge is 0.326 e. The van der Waals surface area contributed by atoms with Crippen LogP contribution in [0.3, 0.4) is 0 Å². The van der Waals surface area contributed by atoms with Gasteiger partial charge in [0.2, 0.25) is 11.8 Å². The molecule has 2 aromatic rings. The molecule has 7 nitrogen and oxygen atoms in total. The lowest BCUT2D eigenvalue weighted by Gasteiger charge is -2.22. The number of carboxylic acids is 1. The van der Waals surface area contributed by atoms with Crippen LogP contribution in [0.1, 0.15) is 18.1 Å². The third kappa shape index (κ3) is 6.60. The lowest BCUT2D eigenvalue weighted by molar-refractivity contribution is -0.142. The van der Waals surface area contributed by atoms with Gasteiger partial charge in [0.05, 0.1) is 7.11 Å². The Labute approximate surface area is 167 Å². The normalized spacial score (nSPS) is 12.5. The summed E-state index contributed by atoms with van der Waals surface area (Å²) in [5, 5.41) is 14.5. The van der Waals surface area contributed by atoms with Gasteiger partial charge >= 0.3 is 5.97 Å². The number of hydrogen-bond donors (Lipinski definition) is 3. The number of carbonyl (C=O) groups is 3. The Morgan fingerprint density at radius 3 is 2.38 bits per heavy atom. The number of methoxy groups -OCH3 is 1. The number of amides is 2. The number of carbonyl (C=O) groups excluding carboxylic acids is 2. The predicted molar refractivity (Wildman–Crippen MR) is 104 cm³/mol. The minimum Gasteiger partial charge on any atom is -0.496 e. The van der Waals surface area contributed by atoms with Crippen LogP contribution in [0.25, 0.3) is 0 Å². The van der Waals surface area contributed by atoms with Crippen LogP contribution in [0, 0.1) is 5.82 Å². The van der Waals surface area contributed by atoms with Crippen molar-refractivity contribution in [1.82, 2.24) is 10.6 Å². The SMILES string of the molecule is COc1ccccc1C[C@H](NC(=O)[C@@H](Cc1cccc(F)c1)NC(C)=O)C(=O)O. The highest BCUT2D eigenvalue weighted by Crippen LogP contribution is 2.19. The highest BCUT2D eigenvalue weighted by molar-refractivity contribution is 5.90. The largest absolute Gasteiger partial charge is 0.496 e. The summed E-state index contributed by atoms with van der Waals surface area (Å²) < 4.78 is 18.7. The quantitative estimate of drug-likeness (QED) is 0.592. The first-order valence-corrected chi connectivity index (χ1v) is 8.96. The standard InChI is InChI=1S/C21H23FN2O5/c1-13(25)23-17(11-14-6-5-8-16(22)10-14)20(26)24-18(21(27)28)12-15-7-3-4-9-19(15)29-2/h3-10,17-18H,11-12H2,1-2H3,(H,23,25)(H,24,26)(H,27,28)/t17-,18+/m1/s1. The highest BCUT2D eigenvalue weighted by atomic mass is 19.1. The maximum absolute atomic E-state index is 13.4. The maximum atomic E-state index is 13.4. The van der Waals surface area contributed by atoms with Crippen molar-refractivity contribution in [3.63, 3.8) is 0 Å². The molecule has 29 heavy (non-hydrogen) atoms. The molecule has 2 aromatic carbocycles.